The molecule has 4 fully saturated rings. The molecule has 2 aromatic carbocycles. The van der Waals surface area contributed by atoms with Crippen molar-refractivity contribution in [3.63, 3.8) is 0 Å². The number of carboxylic acids is 1. The third kappa shape index (κ3) is 9.09. The Morgan fingerprint density at radius 1 is 0.970 bits per heavy atom. The number of nitrogens with one attached hydrogen (secondary N) is 1. The molecule has 1 saturated carbocycles. The number of Topliss-reactive ketones (excluding diaryl/α,β-unsaturated/α-hetero) is 1. The SMILES string of the molecule is COc1cccc2c1C(=O)c1c(O)c3c(c(O)c1C2=O)C[C@@](O)(C(=O)COC1(OCC(=O)NCCCC[C@H](C)C(=O)O)CCCCC1)C[C@@H]3O[C@H]1C[C@H]2[C@H](O[C@@H]3[C@@H](OC)OCCN32)C(C)O1. The minimum atomic E-state index is -2.32. The molecular weight excluding hydrogens is 865 g/mol. The monoisotopic (exact) mass is 924 g/mol. The number of hydrogen-bond acceptors (Lipinski definition) is 17. The molecule has 9 atom stereocenters. The summed E-state index contributed by atoms with van der Waals surface area (Å²) in [6.07, 6.45) is -0.548. The highest BCUT2D eigenvalue weighted by molar-refractivity contribution is 6.31. The molecule has 3 heterocycles. The van der Waals surface area contributed by atoms with E-state index in [-0.39, 0.29) is 53.2 Å². The molecule has 3 aliphatic carbocycles. The summed E-state index contributed by atoms with van der Waals surface area (Å²) in [5.74, 6) is -6.68. The summed E-state index contributed by atoms with van der Waals surface area (Å²) in [5, 5.41) is 48.6. The topological polar surface area (TPSA) is 255 Å². The Kier molecular flexibility index (Phi) is 14.2. The average molecular weight is 925 g/mol. The van der Waals surface area contributed by atoms with Crippen LogP contribution >= 0.6 is 0 Å². The molecule has 0 aromatic heterocycles. The van der Waals surface area contributed by atoms with Crippen LogP contribution in [0.5, 0.6) is 17.2 Å². The number of ether oxygens (including phenoxy) is 8. The number of amides is 1. The van der Waals surface area contributed by atoms with Crippen LogP contribution in [0.2, 0.25) is 0 Å². The van der Waals surface area contributed by atoms with Crippen molar-refractivity contribution in [2.75, 3.05) is 47.1 Å². The molecule has 2 aromatic rings. The lowest BCUT2D eigenvalue weighted by atomic mass is 9.72. The van der Waals surface area contributed by atoms with E-state index in [2.05, 4.69) is 10.2 Å². The third-order valence-corrected chi connectivity index (χ3v) is 14.1. The van der Waals surface area contributed by atoms with Crippen LogP contribution in [0, 0.1) is 5.92 Å². The van der Waals surface area contributed by atoms with Gasteiger partial charge in [-0.3, -0.25) is 28.9 Å². The van der Waals surface area contributed by atoms with Crippen molar-refractivity contribution in [3.05, 3.63) is 51.6 Å². The number of rotatable bonds is 17. The zero-order chi connectivity index (χ0) is 47.1. The van der Waals surface area contributed by atoms with E-state index in [1.165, 1.54) is 32.4 Å². The maximum atomic E-state index is 14.5. The number of ketones is 3. The zero-order valence-electron chi connectivity index (χ0n) is 37.7. The van der Waals surface area contributed by atoms with Crippen LogP contribution in [0.25, 0.3) is 0 Å². The van der Waals surface area contributed by atoms with Crippen LogP contribution in [-0.2, 0) is 54.0 Å². The average Bonchev–Trinajstić information content (AvgIpc) is 3.69. The highest BCUT2D eigenvalue weighted by Gasteiger charge is 2.55. The van der Waals surface area contributed by atoms with Gasteiger partial charge in [0.25, 0.3) is 0 Å². The van der Waals surface area contributed by atoms with E-state index >= 15 is 0 Å². The second-order valence-corrected chi connectivity index (χ2v) is 18.3. The number of aliphatic hydroxyl groups is 1. The first kappa shape index (κ1) is 47.9. The van der Waals surface area contributed by atoms with Crippen LogP contribution in [0.1, 0.15) is 127 Å². The molecule has 5 N–H and O–H groups in total. The standard InChI is InChI=1S/C47H60N2O17/c1-24(44(56)57)11-6-9-16-48-32(51)23-63-47(14-7-5-8-15-47)62-22-31(50)46(58)20-27-35(41(55)37-36(39(27)53)38(52)26-12-10-13-29(59-3)34(26)40(37)54)30(21-46)65-33-19-28-42(25(2)64-33)66-43-45(60-4)61-18-17-49(28)43/h10,12-13,24-25,28,30,33,42-43,45,53,55,58H,5-9,11,14-23H2,1-4H3,(H,48,51)(H,56,57)/t24-,25?,28-,30-,33-,42+,43+,45-,46-/m0/s1. The number of nitrogens with zero attached hydrogens (tertiary/aromatic N) is 1. The first-order chi connectivity index (χ1) is 31.6. The summed E-state index contributed by atoms with van der Waals surface area (Å²) < 4.78 is 48.5. The predicted molar refractivity (Wildman–Crippen MR) is 228 cm³/mol. The molecule has 66 heavy (non-hydrogen) atoms. The summed E-state index contributed by atoms with van der Waals surface area (Å²) in [6, 6.07) is 4.21. The Morgan fingerprint density at radius 3 is 2.44 bits per heavy atom. The summed E-state index contributed by atoms with van der Waals surface area (Å²) in [5.41, 5.74) is -3.64. The van der Waals surface area contributed by atoms with Gasteiger partial charge in [-0.15, -0.1) is 0 Å². The van der Waals surface area contributed by atoms with E-state index < -0.39 is 120 Å². The summed E-state index contributed by atoms with van der Waals surface area (Å²) in [6.45, 7) is 3.69. The van der Waals surface area contributed by atoms with E-state index in [0.717, 1.165) is 6.42 Å². The van der Waals surface area contributed by atoms with Gasteiger partial charge in [0.1, 0.15) is 42.2 Å². The van der Waals surface area contributed by atoms with Crippen molar-refractivity contribution in [1.82, 2.24) is 10.2 Å². The van der Waals surface area contributed by atoms with Crippen LogP contribution in [0.4, 0.5) is 0 Å². The Bertz CT molecular complexity index is 2210. The number of unbranched alkanes of at least 4 members (excludes halogenated alkanes) is 1. The second-order valence-electron chi connectivity index (χ2n) is 18.3. The smallest absolute Gasteiger partial charge is 0.306 e. The summed E-state index contributed by atoms with van der Waals surface area (Å²) in [7, 11) is 2.88. The van der Waals surface area contributed by atoms with Crippen molar-refractivity contribution in [3.8, 4) is 17.2 Å². The minimum absolute atomic E-state index is 0.0586. The fourth-order valence-electron chi connectivity index (χ4n) is 10.5. The van der Waals surface area contributed by atoms with Crippen molar-refractivity contribution in [2.24, 2.45) is 5.92 Å². The molecule has 19 nitrogen and oxygen atoms in total. The number of carbonyl (C=O) groups excluding carboxylic acids is 4. The molecule has 1 unspecified atom stereocenters. The van der Waals surface area contributed by atoms with Gasteiger partial charge in [0.15, 0.2) is 36.2 Å². The largest absolute Gasteiger partial charge is 0.507 e. The molecule has 0 radical (unpaired) electrons. The lowest BCUT2D eigenvalue weighted by Gasteiger charge is -2.43. The maximum absolute atomic E-state index is 14.5. The molecule has 3 saturated heterocycles. The molecule has 3 aliphatic heterocycles. The highest BCUT2D eigenvalue weighted by Crippen LogP contribution is 2.53. The van der Waals surface area contributed by atoms with Gasteiger partial charge in [-0.1, -0.05) is 31.9 Å². The number of carboxylic acid groups (broad SMARTS) is 1. The van der Waals surface area contributed by atoms with Crippen LogP contribution in [0.15, 0.2) is 18.2 Å². The number of fused-ring (bicyclic) bond motifs is 6. The van der Waals surface area contributed by atoms with Gasteiger partial charge in [0.05, 0.1) is 48.5 Å². The number of aromatic hydroxyl groups is 2. The zero-order valence-corrected chi connectivity index (χ0v) is 37.7. The predicted octanol–water partition coefficient (Wildman–Crippen LogP) is 3.42. The van der Waals surface area contributed by atoms with Crippen molar-refractivity contribution in [1.29, 1.82) is 0 Å². The van der Waals surface area contributed by atoms with Gasteiger partial charge in [0.2, 0.25) is 11.7 Å². The highest BCUT2D eigenvalue weighted by atomic mass is 16.7. The molecule has 0 bridgehead atoms. The van der Waals surface area contributed by atoms with E-state index in [9.17, 15) is 39.3 Å². The van der Waals surface area contributed by atoms with Gasteiger partial charge < -0.3 is 63.6 Å². The summed E-state index contributed by atoms with van der Waals surface area (Å²) >= 11 is 0. The molecule has 1 amide bonds. The van der Waals surface area contributed by atoms with E-state index in [0.29, 0.717) is 64.6 Å². The minimum Gasteiger partial charge on any atom is -0.507 e. The van der Waals surface area contributed by atoms with Crippen LogP contribution < -0.4 is 10.1 Å². The lowest BCUT2D eigenvalue weighted by molar-refractivity contribution is -0.258. The van der Waals surface area contributed by atoms with Crippen molar-refractivity contribution in [2.45, 2.75) is 139 Å². The number of benzene rings is 2. The van der Waals surface area contributed by atoms with Crippen molar-refractivity contribution >= 4 is 29.2 Å². The lowest BCUT2D eigenvalue weighted by Crippen LogP contribution is -2.55. The molecule has 0 spiro atoms. The number of carbonyl (C=O) groups is 5. The Hall–Kier alpha value is -4.57. The molecular formula is C47H60N2O17. The maximum Gasteiger partial charge on any atom is 0.306 e. The van der Waals surface area contributed by atoms with E-state index in [1.807, 2.05) is 6.92 Å². The van der Waals surface area contributed by atoms with E-state index in [1.54, 1.807) is 6.92 Å². The number of aliphatic carboxylic acids is 1. The Labute approximate surface area is 381 Å². The number of morpholine rings is 1. The Balaban J connectivity index is 1.05. The number of methoxy groups -OCH3 is 2. The number of hydrogen-bond donors (Lipinski definition) is 5. The van der Waals surface area contributed by atoms with Gasteiger partial charge >= 0.3 is 5.97 Å². The second kappa shape index (κ2) is 19.6. The fraction of sp³-hybridized carbons (Fsp3) is 0.638. The third-order valence-electron chi connectivity index (χ3n) is 14.1. The normalized spacial score (nSPS) is 29.4. The molecule has 6 aliphatic rings. The van der Waals surface area contributed by atoms with E-state index in [4.69, 9.17) is 43.0 Å². The fourth-order valence-corrected chi connectivity index (χ4v) is 10.5. The quantitative estimate of drug-likeness (QED) is 0.0739. The number of phenolic OH excluding ortho intramolecular Hbond substituents is 2. The van der Waals surface area contributed by atoms with Crippen LogP contribution in [-0.4, -0.2) is 150 Å². The summed E-state index contributed by atoms with van der Waals surface area (Å²) in [4.78, 5) is 69.0. The van der Waals surface area contributed by atoms with Crippen LogP contribution in [0.3, 0.4) is 0 Å². The molecule has 360 valence electrons. The molecule has 8 rings (SSSR count). The van der Waals surface area contributed by atoms with Gasteiger partial charge in [-0.2, -0.15) is 0 Å². The number of phenols is 2. The van der Waals surface area contributed by atoms with Gasteiger partial charge in [-0.25, -0.2) is 0 Å². The van der Waals surface area contributed by atoms with Gasteiger partial charge in [0, 0.05) is 75.0 Å². The van der Waals surface area contributed by atoms with Gasteiger partial charge in [-0.05, 0) is 38.7 Å². The first-order valence-electron chi connectivity index (χ1n) is 22.9. The Morgan fingerprint density at radius 2 is 1.71 bits per heavy atom. The first-order valence-corrected chi connectivity index (χ1v) is 22.9. The molecule has 19 heteroatoms. The van der Waals surface area contributed by atoms with Crippen molar-refractivity contribution < 1.29 is 82.3 Å².